The predicted molar refractivity (Wildman–Crippen MR) is 67.2 cm³/mol. The van der Waals surface area contributed by atoms with Gasteiger partial charge in [-0.3, -0.25) is 10.1 Å². The highest BCUT2D eigenvalue weighted by molar-refractivity contribution is 5.72. The molecule has 0 bridgehead atoms. The standard InChI is InChI=1S/C12H14FN3O3/c1-2-12(5-6-15-11(14)19-12)9-7-8(16(17)18)3-4-10(9)13/h3-4,7H,2,5-6H2,1H3,(H2,14,15)/t12-/m0/s1. The summed E-state index contributed by atoms with van der Waals surface area (Å²) in [6, 6.07) is 3.40. The lowest BCUT2D eigenvalue weighted by molar-refractivity contribution is -0.385. The highest BCUT2D eigenvalue weighted by atomic mass is 19.1. The van der Waals surface area contributed by atoms with Gasteiger partial charge in [0.25, 0.3) is 11.7 Å². The molecule has 0 saturated carbocycles. The molecule has 1 aromatic carbocycles. The van der Waals surface area contributed by atoms with Gasteiger partial charge in [-0.25, -0.2) is 9.38 Å². The van der Waals surface area contributed by atoms with Crippen molar-refractivity contribution in [2.24, 2.45) is 10.7 Å². The average Bonchev–Trinajstić information content (AvgIpc) is 2.38. The molecule has 1 aliphatic heterocycles. The number of halogens is 1. The van der Waals surface area contributed by atoms with E-state index in [-0.39, 0.29) is 17.3 Å². The van der Waals surface area contributed by atoms with Gasteiger partial charge in [-0.15, -0.1) is 0 Å². The molecule has 102 valence electrons. The molecule has 0 radical (unpaired) electrons. The summed E-state index contributed by atoms with van der Waals surface area (Å²) in [6.45, 7) is 2.22. The highest BCUT2D eigenvalue weighted by Crippen LogP contribution is 2.38. The minimum atomic E-state index is -0.984. The van der Waals surface area contributed by atoms with Crippen LogP contribution < -0.4 is 5.73 Å². The van der Waals surface area contributed by atoms with Crippen LogP contribution in [0.5, 0.6) is 0 Å². The van der Waals surface area contributed by atoms with Gasteiger partial charge in [0.1, 0.15) is 11.4 Å². The van der Waals surface area contributed by atoms with Crippen LogP contribution in [0.15, 0.2) is 23.2 Å². The fourth-order valence-electron chi connectivity index (χ4n) is 2.24. The Morgan fingerprint density at radius 2 is 2.37 bits per heavy atom. The van der Waals surface area contributed by atoms with Crippen molar-refractivity contribution in [3.63, 3.8) is 0 Å². The summed E-state index contributed by atoms with van der Waals surface area (Å²) in [6.07, 6.45) is 0.879. The van der Waals surface area contributed by atoms with Crippen molar-refractivity contribution in [2.75, 3.05) is 6.54 Å². The minimum Gasteiger partial charge on any atom is -0.454 e. The molecule has 1 aromatic rings. The van der Waals surface area contributed by atoms with Gasteiger partial charge in [0.2, 0.25) is 0 Å². The van der Waals surface area contributed by atoms with Crippen molar-refractivity contribution in [3.05, 3.63) is 39.7 Å². The van der Waals surface area contributed by atoms with Crippen LogP contribution in [0.4, 0.5) is 10.1 Å². The molecule has 0 saturated heterocycles. The van der Waals surface area contributed by atoms with Crippen LogP contribution in [0.25, 0.3) is 0 Å². The van der Waals surface area contributed by atoms with E-state index in [1.165, 1.54) is 6.07 Å². The van der Waals surface area contributed by atoms with Crippen molar-refractivity contribution in [1.29, 1.82) is 0 Å². The predicted octanol–water partition coefficient (Wildman–Crippen LogP) is 2.07. The SMILES string of the molecule is CC[C@@]1(c2cc([N+](=O)[O-])ccc2F)CCN=C(N)O1. The lowest BCUT2D eigenvalue weighted by atomic mass is 9.86. The monoisotopic (exact) mass is 267 g/mol. The number of aliphatic imine (C=N–C) groups is 1. The summed E-state index contributed by atoms with van der Waals surface area (Å²) in [4.78, 5) is 14.1. The summed E-state index contributed by atoms with van der Waals surface area (Å²) in [5, 5.41) is 10.8. The Balaban J connectivity index is 2.51. The van der Waals surface area contributed by atoms with Crippen LogP contribution >= 0.6 is 0 Å². The van der Waals surface area contributed by atoms with Crippen LogP contribution in [0.3, 0.4) is 0 Å². The third-order valence-corrected chi connectivity index (χ3v) is 3.31. The normalized spacial score (nSPS) is 22.5. The van der Waals surface area contributed by atoms with Gasteiger partial charge in [-0.2, -0.15) is 0 Å². The molecule has 7 heteroatoms. The summed E-state index contributed by atoms with van der Waals surface area (Å²) in [5.74, 6) is -0.540. The van der Waals surface area contributed by atoms with Gasteiger partial charge in [0.15, 0.2) is 0 Å². The lowest BCUT2D eigenvalue weighted by Crippen LogP contribution is -2.40. The second-order valence-corrected chi connectivity index (χ2v) is 4.34. The number of ether oxygens (including phenoxy) is 1. The Morgan fingerprint density at radius 1 is 1.63 bits per heavy atom. The fraction of sp³-hybridized carbons (Fsp3) is 0.417. The zero-order valence-electron chi connectivity index (χ0n) is 10.4. The maximum atomic E-state index is 14.0. The molecule has 1 heterocycles. The average molecular weight is 267 g/mol. The van der Waals surface area contributed by atoms with Crippen molar-refractivity contribution >= 4 is 11.7 Å². The van der Waals surface area contributed by atoms with Crippen LogP contribution in [-0.4, -0.2) is 17.5 Å². The van der Waals surface area contributed by atoms with Crippen molar-refractivity contribution in [3.8, 4) is 0 Å². The number of hydrogen-bond acceptors (Lipinski definition) is 5. The Morgan fingerprint density at radius 3 is 2.95 bits per heavy atom. The molecule has 1 aliphatic rings. The number of nitrogens with two attached hydrogens (primary N) is 1. The first kappa shape index (κ1) is 13.3. The number of benzene rings is 1. The van der Waals surface area contributed by atoms with E-state index in [4.69, 9.17) is 10.5 Å². The summed E-state index contributed by atoms with van der Waals surface area (Å²) in [7, 11) is 0. The number of nitrogens with zero attached hydrogens (tertiary/aromatic N) is 2. The number of rotatable bonds is 3. The molecule has 0 fully saturated rings. The number of nitro groups is 1. The summed E-state index contributed by atoms with van der Waals surface area (Å²) in [5.41, 5.74) is 4.54. The van der Waals surface area contributed by atoms with Crippen molar-refractivity contribution in [1.82, 2.24) is 0 Å². The van der Waals surface area contributed by atoms with Crippen LogP contribution in [-0.2, 0) is 10.3 Å². The third-order valence-electron chi connectivity index (χ3n) is 3.31. The highest BCUT2D eigenvalue weighted by Gasteiger charge is 2.38. The van der Waals surface area contributed by atoms with E-state index in [1.807, 2.05) is 6.92 Å². The van der Waals surface area contributed by atoms with Gasteiger partial charge in [-0.1, -0.05) is 6.92 Å². The molecule has 0 aromatic heterocycles. The molecule has 6 nitrogen and oxygen atoms in total. The molecule has 0 spiro atoms. The van der Waals surface area contributed by atoms with E-state index < -0.39 is 16.3 Å². The molecule has 0 aliphatic carbocycles. The molecular weight excluding hydrogens is 253 g/mol. The van der Waals surface area contributed by atoms with Gasteiger partial charge in [0, 0.05) is 30.7 Å². The van der Waals surface area contributed by atoms with E-state index in [9.17, 15) is 14.5 Å². The Hall–Kier alpha value is -2.18. The quantitative estimate of drug-likeness (QED) is 0.670. The van der Waals surface area contributed by atoms with Crippen LogP contribution in [0.1, 0.15) is 25.3 Å². The Labute approximate surface area is 109 Å². The number of amidine groups is 1. The van der Waals surface area contributed by atoms with Gasteiger partial charge >= 0.3 is 0 Å². The fourth-order valence-corrected chi connectivity index (χ4v) is 2.24. The van der Waals surface area contributed by atoms with E-state index in [0.717, 1.165) is 12.1 Å². The maximum Gasteiger partial charge on any atom is 0.282 e. The van der Waals surface area contributed by atoms with E-state index in [2.05, 4.69) is 4.99 Å². The van der Waals surface area contributed by atoms with Crippen LogP contribution in [0, 0.1) is 15.9 Å². The first-order chi connectivity index (χ1) is 8.98. The van der Waals surface area contributed by atoms with Crippen molar-refractivity contribution < 1.29 is 14.1 Å². The number of non-ortho nitro benzene ring substituents is 1. The molecule has 19 heavy (non-hydrogen) atoms. The van der Waals surface area contributed by atoms with Gasteiger partial charge in [-0.05, 0) is 12.5 Å². The van der Waals surface area contributed by atoms with Gasteiger partial charge in [0.05, 0.1) is 4.92 Å². The Bertz CT molecular complexity index is 547. The zero-order valence-corrected chi connectivity index (χ0v) is 10.4. The lowest BCUT2D eigenvalue weighted by Gasteiger charge is -2.35. The first-order valence-corrected chi connectivity index (χ1v) is 5.92. The summed E-state index contributed by atoms with van der Waals surface area (Å²) < 4.78 is 19.5. The number of hydrogen-bond donors (Lipinski definition) is 1. The van der Waals surface area contributed by atoms with E-state index in [0.29, 0.717) is 19.4 Å². The number of nitro benzene ring substituents is 1. The molecule has 0 unspecified atom stereocenters. The van der Waals surface area contributed by atoms with Crippen LogP contribution in [0.2, 0.25) is 0 Å². The van der Waals surface area contributed by atoms with E-state index in [1.54, 1.807) is 0 Å². The smallest absolute Gasteiger partial charge is 0.282 e. The maximum absolute atomic E-state index is 14.0. The van der Waals surface area contributed by atoms with Crippen molar-refractivity contribution in [2.45, 2.75) is 25.4 Å². The summed E-state index contributed by atoms with van der Waals surface area (Å²) >= 11 is 0. The second kappa shape index (κ2) is 4.83. The molecule has 1 atom stereocenters. The van der Waals surface area contributed by atoms with E-state index >= 15 is 0 Å². The molecular formula is C12H14FN3O3. The zero-order chi connectivity index (χ0) is 14.0. The Kier molecular flexibility index (Phi) is 3.37. The first-order valence-electron chi connectivity index (χ1n) is 5.92. The molecule has 0 amide bonds. The molecule has 2 N–H and O–H groups in total. The topological polar surface area (TPSA) is 90.8 Å². The second-order valence-electron chi connectivity index (χ2n) is 4.34. The minimum absolute atomic E-state index is 0.0148. The van der Waals surface area contributed by atoms with Gasteiger partial charge < -0.3 is 10.5 Å². The largest absolute Gasteiger partial charge is 0.454 e. The molecule has 2 rings (SSSR count). The third kappa shape index (κ3) is 2.35.